The van der Waals surface area contributed by atoms with E-state index in [0.29, 0.717) is 12.1 Å². The number of nitrogens with one attached hydrogen (secondary N) is 1. The lowest BCUT2D eigenvalue weighted by molar-refractivity contribution is -0.117. The molecule has 0 bridgehead atoms. The molecule has 0 aliphatic carbocycles. The summed E-state index contributed by atoms with van der Waals surface area (Å²) in [5, 5.41) is 5.22. The van der Waals surface area contributed by atoms with Crippen molar-refractivity contribution in [2.45, 2.75) is 13.5 Å². The summed E-state index contributed by atoms with van der Waals surface area (Å²) < 4.78 is 0. The van der Waals surface area contributed by atoms with Gasteiger partial charge in [0, 0.05) is 12.1 Å². The number of carbonyl (C=O) groups is 1. The number of rotatable bonds is 3. The van der Waals surface area contributed by atoms with Crippen LogP contribution in [-0.2, 0) is 11.3 Å². The van der Waals surface area contributed by atoms with Crippen molar-refractivity contribution in [3.8, 4) is 0 Å². The molecule has 0 aromatic heterocycles. The second kappa shape index (κ2) is 4.83. The van der Waals surface area contributed by atoms with Crippen molar-refractivity contribution in [3.05, 3.63) is 60.2 Å². The maximum Gasteiger partial charge on any atom is 0.246 e. The smallest absolute Gasteiger partial charge is 0.246 e. The van der Waals surface area contributed by atoms with E-state index >= 15 is 0 Å². The number of hydrogen-bond acceptors (Lipinski definition) is 1. The van der Waals surface area contributed by atoms with Gasteiger partial charge in [-0.2, -0.15) is 0 Å². The van der Waals surface area contributed by atoms with E-state index in [0.717, 1.165) is 5.56 Å². The van der Waals surface area contributed by atoms with Gasteiger partial charge in [-0.3, -0.25) is 4.79 Å². The van der Waals surface area contributed by atoms with Gasteiger partial charge in [-0.15, -0.1) is 0 Å². The Kier molecular flexibility index (Phi) is 3.24. The SMILES string of the molecule is C=C(C)C(=O)NCc1cccc2ccccc12. The van der Waals surface area contributed by atoms with Crippen LogP contribution in [0.3, 0.4) is 0 Å². The van der Waals surface area contributed by atoms with Crippen LogP contribution >= 0.6 is 0 Å². The maximum atomic E-state index is 11.4. The number of carbonyl (C=O) groups excluding carboxylic acids is 1. The first kappa shape index (κ1) is 11.4. The van der Waals surface area contributed by atoms with Crippen molar-refractivity contribution in [2.75, 3.05) is 0 Å². The minimum atomic E-state index is -0.0991. The molecule has 2 aromatic rings. The van der Waals surface area contributed by atoms with Crippen LogP contribution in [0, 0.1) is 0 Å². The van der Waals surface area contributed by atoms with Crippen molar-refractivity contribution < 1.29 is 4.79 Å². The fourth-order valence-electron chi connectivity index (χ4n) is 1.77. The maximum absolute atomic E-state index is 11.4. The first-order valence-electron chi connectivity index (χ1n) is 5.59. The largest absolute Gasteiger partial charge is 0.348 e. The zero-order valence-corrected chi connectivity index (χ0v) is 9.86. The Morgan fingerprint density at radius 3 is 2.65 bits per heavy atom. The first-order chi connectivity index (χ1) is 8.18. The fourth-order valence-corrected chi connectivity index (χ4v) is 1.77. The molecule has 0 fully saturated rings. The van der Waals surface area contributed by atoms with Crippen molar-refractivity contribution in [1.29, 1.82) is 0 Å². The van der Waals surface area contributed by atoms with Gasteiger partial charge >= 0.3 is 0 Å². The number of benzene rings is 2. The third kappa shape index (κ3) is 2.53. The summed E-state index contributed by atoms with van der Waals surface area (Å²) in [6.07, 6.45) is 0. The highest BCUT2D eigenvalue weighted by Gasteiger charge is 2.03. The van der Waals surface area contributed by atoms with Gasteiger partial charge < -0.3 is 5.32 Å². The molecule has 17 heavy (non-hydrogen) atoms. The zero-order chi connectivity index (χ0) is 12.3. The van der Waals surface area contributed by atoms with Gasteiger partial charge in [0.15, 0.2) is 0 Å². The van der Waals surface area contributed by atoms with Gasteiger partial charge in [-0.05, 0) is 23.3 Å². The summed E-state index contributed by atoms with van der Waals surface area (Å²) in [7, 11) is 0. The number of amides is 1. The van der Waals surface area contributed by atoms with Gasteiger partial charge in [0.1, 0.15) is 0 Å². The summed E-state index contributed by atoms with van der Waals surface area (Å²) in [6, 6.07) is 14.3. The van der Waals surface area contributed by atoms with E-state index in [2.05, 4.69) is 30.1 Å². The van der Waals surface area contributed by atoms with Crippen LogP contribution in [0.15, 0.2) is 54.6 Å². The molecule has 86 valence electrons. The number of fused-ring (bicyclic) bond motifs is 1. The van der Waals surface area contributed by atoms with E-state index in [1.54, 1.807) is 6.92 Å². The molecule has 0 radical (unpaired) electrons. The molecule has 2 nitrogen and oxygen atoms in total. The van der Waals surface area contributed by atoms with Crippen LogP contribution < -0.4 is 5.32 Å². The average molecular weight is 225 g/mol. The summed E-state index contributed by atoms with van der Waals surface area (Å²) in [6.45, 7) is 5.86. The van der Waals surface area contributed by atoms with Crippen molar-refractivity contribution in [1.82, 2.24) is 5.32 Å². The molecule has 2 rings (SSSR count). The molecule has 2 aromatic carbocycles. The second-order valence-corrected chi connectivity index (χ2v) is 4.10. The highest BCUT2D eigenvalue weighted by atomic mass is 16.1. The van der Waals surface area contributed by atoms with Gasteiger partial charge in [0.2, 0.25) is 5.91 Å². The fraction of sp³-hybridized carbons (Fsp3) is 0.133. The first-order valence-corrected chi connectivity index (χ1v) is 5.59. The predicted octanol–water partition coefficient (Wildman–Crippen LogP) is 3.03. The number of hydrogen-bond donors (Lipinski definition) is 1. The molecule has 0 spiro atoms. The molecule has 0 atom stereocenters. The lowest BCUT2D eigenvalue weighted by Crippen LogP contribution is -2.23. The van der Waals surface area contributed by atoms with E-state index in [1.807, 2.05) is 24.3 Å². The standard InChI is InChI=1S/C15H15NO/c1-11(2)15(17)16-10-13-8-5-7-12-6-3-4-9-14(12)13/h3-9H,1,10H2,2H3,(H,16,17). The van der Waals surface area contributed by atoms with Crippen molar-refractivity contribution in [3.63, 3.8) is 0 Å². The Morgan fingerprint density at radius 1 is 1.18 bits per heavy atom. The zero-order valence-electron chi connectivity index (χ0n) is 9.86. The average Bonchev–Trinajstić information content (AvgIpc) is 2.35. The monoisotopic (exact) mass is 225 g/mol. The molecule has 0 aliphatic heterocycles. The molecule has 0 unspecified atom stereocenters. The third-order valence-corrected chi connectivity index (χ3v) is 2.71. The Hall–Kier alpha value is -2.09. The summed E-state index contributed by atoms with van der Waals surface area (Å²) in [5.74, 6) is -0.0991. The van der Waals surface area contributed by atoms with E-state index < -0.39 is 0 Å². The van der Waals surface area contributed by atoms with Crippen LogP contribution in [0.1, 0.15) is 12.5 Å². The molecule has 1 N–H and O–H groups in total. The minimum absolute atomic E-state index is 0.0991. The molecule has 0 saturated heterocycles. The Labute approximate surface area is 101 Å². The predicted molar refractivity (Wildman–Crippen MR) is 70.6 cm³/mol. The van der Waals surface area contributed by atoms with Gasteiger partial charge in [-0.25, -0.2) is 0 Å². The Bertz CT molecular complexity index is 567. The van der Waals surface area contributed by atoms with E-state index in [9.17, 15) is 4.79 Å². The Balaban J connectivity index is 2.24. The summed E-state index contributed by atoms with van der Waals surface area (Å²) >= 11 is 0. The molecule has 0 heterocycles. The molecular weight excluding hydrogens is 210 g/mol. The van der Waals surface area contributed by atoms with Crippen LogP contribution in [0.4, 0.5) is 0 Å². The normalized spacial score (nSPS) is 10.2. The van der Waals surface area contributed by atoms with Crippen molar-refractivity contribution >= 4 is 16.7 Å². The second-order valence-electron chi connectivity index (χ2n) is 4.10. The van der Waals surface area contributed by atoms with Gasteiger partial charge in [0.25, 0.3) is 0 Å². The van der Waals surface area contributed by atoms with E-state index in [-0.39, 0.29) is 5.91 Å². The van der Waals surface area contributed by atoms with Crippen LogP contribution in [-0.4, -0.2) is 5.91 Å². The van der Waals surface area contributed by atoms with Crippen LogP contribution in [0.25, 0.3) is 10.8 Å². The van der Waals surface area contributed by atoms with Crippen molar-refractivity contribution in [2.24, 2.45) is 0 Å². The van der Waals surface area contributed by atoms with Gasteiger partial charge in [-0.1, -0.05) is 49.0 Å². The van der Waals surface area contributed by atoms with E-state index in [4.69, 9.17) is 0 Å². The topological polar surface area (TPSA) is 29.1 Å². The van der Waals surface area contributed by atoms with Crippen LogP contribution in [0.2, 0.25) is 0 Å². The minimum Gasteiger partial charge on any atom is -0.348 e. The Morgan fingerprint density at radius 2 is 1.88 bits per heavy atom. The highest BCUT2D eigenvalue weighted by Crippen LogP contribution is 2.18. The molecule has 2 heteroatoms. The quantitative estimate of drug-likeness (QED) is 0.799. The third-order valence-electron chi connectivity index (χ3n) is 2.71. The van der Waals surface area contributed by atoms with E-state index in [1.165, 1.54) is 10.8 Å². The molecule has 1 amide bonds. The van der Waals surface area contributed by atoms with Crippen LogP contribution in [0.5, 0.6) is 0 Å². The molecular formula is C15H15NO. The lowest BCUT2D eigenvalue weighted by atomic mass is 10.0. The lowest BCUT2D eigenvalue weighted by Gasteiger charge is -2.08. The molecule has 0 saturated carbocycles. The molecule has 0 aliphatic rings. The highest BCUT2D eigenvalue weighted by molar-refractivity contribution is 5.92. The van der Waals surface area contributed by atoms with Gasteiger partial charge in [0.05, 0.1) is 0 Å². The summed E-state index contributed by atoms with van der Waals surface area (Å²) in [4.78, 5) is 11.4. The summed E-state index contributed by atoms with van der Waals surface area (Å²) in [5.41, 5.74) is 1.66.